The quantitative estimate of drug-likeness (QED) is 0.810. The second kappa shape index (κ2) is 8.04. The fourth-order valence-electron chi connectivity index (χ4n) is 1.45. The first-order valence-corrected chi connectivity index (χ1v) is 5.60. The number of nitrogens with two attached hydrogens (primary N) is 1. The van der Waals surface area contributed by atoms with Crippen LogP contribution in [0.1, 0.15) is 45.1 Å². The van der Waals surface area contributed by atoms with Crippen LogP contribution in [0.15, 0.2) is 30.3 Å². The lowest BCUT2D eigenvalue weighted by atomic mass is 9.94. The van der Waals surface area contributed by atoms with Crippen molar-refractivity contribution in [2.24, 2.45) is 5.73 Å². The van der Waals surface area contributed by atoms with Gasteiger partial charge in [-0.15, -0.1) is 0 Å². The molecule has 84 valence electrons. The molecule has 0 bridgehead atoms. The van der Waals surface area contributed by atoms with Gasteiger partial charge in [-0.1, -0.05) is 57.5 Å². The largest absolute Gasteiger partial charge is 0.369 e. The highest BCUT2D eigenvalue weighted by molar-refractivity contribution is 5.81. The lowest BCUT2D eigenvalue weighted by Crippen LogP contribution is -2.21. The predicted octanol–water partition coefficient (Wildman–Crippen LogP) is 3.08. The summed E-state index contributed by atoms with van der Waals surface area (Å²) in [6.07, 6.45) is 1.81. The molecule has 1 atom stereocenters. The molecule has 1 aromatic carbocycles. The minimum atomic E-state index is -0.229. The van der Waals surface area contributed by atoms with Crippen molar-refractivity contribution in [1.82, 2.24) is 0 Å². The molecule has 2 nitrogen and oxygen atoms in total. The van der Waals surface area contributed by atoms with Gasteiger partial charge in [0.25, 0.3) is 0 Å². The highest BCUT2D eigenvalue weighted by Crippen LogP contribution is 2.19. The summed E-state index contributed by atoms with van der Waals surface area (Å²) in [5.74, 6) is -0.348. The van der Waals surface area contributed by atoms with Gasteiger partial charge in [0.05, 0.1) is 5.92 Å². The summed E-state index contributed by atoms with van der Waals surface area (Å²) in [5, 5.41) is 0. The lowest BCUT2D eigenvalue weighted by Gasteiger charge is -2.11. The smallest absolute Gasteiger partial charge is 0.224 e. The summed E-state index contributed by atoms with van der Waals surface area (Å²) in [6.45, 7) is 6.05. The number of rotatable bonds is 4. The maximum Gasteiger partial charge on any atom is 0.224 e. The van der Waals surface area contributed by atoms with Crippen LogP contribution >= 0.6 is 0 Å². The SMILES string of the molecule is CC.CCCC(C(N)=O)c1ccccc1. The molecule has 15 heavy (non-hydrogen) atoms. The van der Waals surface area contributed by atoms with Crippen LogP contribution in [0.4, 0.5) is 0 Å². The van der Waals surface area contributed by atoms with Crippen molar-refractivity contribution in [2.75, 3.05) is 0 Å². The third kappa shape index (κ3) is 4.63. The first kappa shape index (κ1) is 13.7. The Kier molecular flexibility index (Phi) is 7.33. The van der Waals surface area contributed by atoms with E-state index in [1.807, 2.05) is 44.2 Å². The molecule has 0 aliphatic heterocycles. The Labute approximate surface area is 92.5 Å². The van der Waals surface area contributed by atoms with E-state index in [-0.39, 0.29) is 11.8 Å². The van der Waals surface area contributed by atoms with Gasteiger partial charge in [-0.25, -0.2) is 0 Å². The molecule has 0 aliphatic rings. The van der Waals surface area contributed by atoms with Gasteiger partial charge >= 0.3 is 0 Å². The minimum Gasteiger partial charge on any atom is -0.369 e. The first-order valence-electron chi connectivity index (χ1n) is 5.60. The zero-order valence-corrected chi connectivity index (χ0v) is 9.86. The van der Waals surface area contributed by atoms with Crippen molar-refractivity contribution in [1.29, 1.82) is 0 Å². The van der Waals surface area contributed by atoms with E-state index in [1.54, 1.807) is 0 Å². The molecule has 0 fully saturated rings. The van der Waals surface area contributed by atoms with Gasteiger partial charge in [0.2, 0.25) is 5.91 Å². The second-order valence-corrected chi connectivity index (χ2v) is 3.15. The van der Waals surface area contributed by atoms with E-state index >= 15 is 0 Å². The van der Waals surface area contributed by atoms with Crippen LogP contribution in [-0.2, 0) is 4.79 Å². The number of hydrogen-bond donors (Lipinski definition) is 1. The molecule has 2 N–H and O–H groups in total. The number of carbonyl (C=O) groups is 1. The van der Waals surface area contributed by atoms with Crippen LogP contribution in [0.2, 0.25) is 0 Å². The normalized spacial score (nSPS) is 11.1. The van der Waals surface area contributed by atoms with E-state index in [1.165, 1.54) is 0 Å². The molecule has 0 radical (unpaired) electrons. The van der Waals surface area contributed by atoms with Gasteiger partial charge in [-0.2, -0.15) is 0 Å². The van der Waals surface area contributed by atoms with Crippen molar-refractivity contribution in [3.05, 3.63) is 35.9 Å². The summed E-state index contributed by atoms with van der Waals surface area (Å²) >= 11 is 0. The second-order valence-electron chi connectivity index (χ2n) is 3.15. The molecule has 2 heteroatoms. The summed E-state index contributed by atoms with van der Waals surface area (Å²) in [5.41, 5.74) is 6.34. The van der Waals surface area contributed by atoms with E-state index in [2.05, 4.69) is 6.92 Å². The zero-order valence-electron chi connectivity index (χ0n) is 9.86. The van der Waals surface area contributed by atoms with Crippen LogP contribution < -0.4 is 5.73 Å². The molecular formula is C13H21NO. The van der Waals surface area contributed by atoms with Gasteiger partial charge in [0.15, 0.2) is 0 Å². The standard InChI is InChI=1S/C11H15NO.C2H6/c1-2-6-10(11(12)13)9-7-4-3-5-8-9;1-2/h3-5,7-8,10H,2,6H2,1H3,(H2,12,13);1-2H3. The lowest BCUT2D eigenvalue weighted by molar-refractivity contribution is -0.119. The molecule has 1 unspecified atom stereocenters. The predicted molar refractivity (Wildman–Crippen MR) is 64.6 cm³/mol. The monoisotopic (exact) mass is 207 g/mol. The third-order valence-corrected chi connectivity index (χ3v) is 2.12. The molecule has 0 aliphatic carbocycles. The minimum absolute atomic E-state index is 0.119. The first-order chi connectivity index (χ1) is 7.25. The number of benzene rings is 1. The van der Waals surface area contributed by atoms with Crippen molar-refractivity contribution < 1.29 is 4.79 Å². The maximum atomic E-state index is 11.1. The highest BCUT2D eigenvalue weighted by atomic mass is 16.1. The van der Waals surface area contributed by atoms with Crippen molar-refractivity contribution in [3.63, 3.8) is 0 Å². The summed E-state index contributed by atoms with van der Waals surface area (Å²) in [6, 6.07) is 9.70. The molecule has 0 saturated heterocycles. The zero-order chi connectivity index (χ0) is 11.7. The van der Waals surface area contributed by atoms with E-state index in [0.717, 1.165) is 18.4 Å². The van der Waals surface area contributed by atoms with Crippen LogP contribution in [0, 0.1) is 0 Å². The summed E-state index contributed by atoms with van der Waals surface area (Å²) < 4.78 is 0. The Morgan fingerprint density at radius 2 is 1.80 bits per heavy atom. The van der Waals surface area contributed by atoms with Crippen LogP contribution in [0.5, 0.6) is 0 Å². The molecule has 1 rings (SSSR count). The number of amides is 1. The third-order valence-electron chi connectivity index (χ3n) is 2.12. The van der Waals surface area contributed by atoms with E-state index in [9.17, 15) is 4.79 Å². The van der Waals surface area contributed by atoms with Crippen LogP contribution in [-0.4, -0.2) is 5.91 Å². The summed E-state index contributed by atoms with van der Waals surface area (Å²) in [7, 11) is 0. The van der Waals surface area contributed by atoms with Crippen molar-refractivity contribution >= 4 is 5.91 Å². The van der Waals surface area contributed by atoms with E-state index in [0.29, 0.717) is 0 Å². The summed E-state index contributed by atoms with van der Waals surface area (Å²) in [4.78, 5) is 11.1. The van der Waals surface area contributed by atoms with Gasteiger partial charge in [-0.3, -0.25) is 4.79 Å². The molecule has 0 saturated carbocycles. The average molecular weight is 207 g/mol. The molecule has 1 aromatic rings. The number of primary amides is 1. The van der Waals surface area contributed by atoms with Gasteiger partial charge in [0, 0.05) is 0 Å². The van der Waals surface area contributed by atoms with Gasteiger partial charge in [-0.05, 0) is 12.0 Å². The average Bonchev–Trinajstić information content (AvgIpc) is 2.29. The molecule has 0 spiro atoms. The maximum absolute atomic E-state index is 11.1. The van der Waals surface area contributed by atoms with Gasteiger partial charge in [0.1, 0.15) is 0 Å². The Morgan fingerprint density at radius 1 is 1.27 bits per heavy atom. The highest BCUT2D eigenvalue weighted by Gasteiger charge is 2.15. The Bertz CT molecular complexity index is 269. The fourth-order valence-corrected chi connectivity index (χ4v) is 1.45. The van der Waals surface area contributed by atoms with Crippen molar-refractivity contribution in [3.8, 4) is 0 Å². The van der Waals surface area contributed by atoms with E-state index in [4.69, 9.17) is 5.73 Å². The molecule has 0 heterocycles. The molecule has 0 aromatic heterocycles. The number of carbonyl (C=O) groups excluding carboxylic acids is 1. The van der Waals surface area contributed by atoms with Crippen LogP contribution in [0.25, 0.3) is 0 Å². The van der Waals surface area contributed by atoms with Crippen molar-refractivity contribution in [2.45, 2.75) is 39.5 Å². The molecule has 1 amide bonds. The Balaban J connectivity index is 0.000000921. The fraction of sp³-hybridized carbons (Fsp3) is 0.462. The van der Waals surface area contributed by atoms with Gasteiger partial charge < -0.3 is 5.73 Å². The Hall–Kier alpha value is -1.31. The van der Waals surface area contributed by atoms with Crippen LogP contribution in [0.3, 0.4) is 0 Å². The molecular weight excluding hydrogens is 186 g/mol. The topological polar surface area (TPSA) is 43.1 Å². The number of hydrogen-bond acceptors (Lipinski definition) is 1. The Morgan fingerprint density at radius 3 is 2.20 bits per heavy atom. The van der Waals surface area contributed by atoms with E-state index < -0.39 is 0 Å².